The molecule has 0 aromatic carbocycles. The van der Waals surface area contributed by atoms with Gasteiger partial charge < -0.3 is 15.2 Å². The van der Waals surface area contributed by atoms with Crippen LogP contribution in [0.3, 0.4) is 0 Å². The molecule has 4 aliphatic heterocycles. The molecule has 4 aliphatic carbocycles. The van der Waals surface area contributed by atoms with Crippen LogP contribution in [0.15, 0.2) is 11.1 Å². The summed E-state index contributed by atoms with van der Waals surface area (Å²) in [4.78, 5) is 57.2. The van der Waals surface area contributed by atoms with Gasteiger partial charge in [0, 0.05) is 58.3 Å². The Balaban J connectivity index is 0.739. The number of carbonyl (C=O) groups excluding carboxylic acids is 4. The second-order valence-corrected chi connectivity index (χ2v) is 19.1. The highest BCUT2D eigenvalue weighted by atomic mass is 16.5. The Morgan fingerprint density at radius 1 is 0.737 bits per heavy atom. The predicted molar refractivity (Wildman–Crippen MR) is 217 cm³/mol. The molecule has 8 rings (SSSR count). The van der Waals surface area contributed by atoms with Crippen LogP contribution in [0.4, 0.5) is 0 Å². The number of rotatable bonds is 11. The average Bonchev–Trinajstić information content (AvgIpc) is 3.49. The first kappa shape index (κ1) is 41.5. The lowest BCUT2D eigenvalue weighted by Crippen LogP contribution is -2.65. The number of imide groups is 2. The maximum absolute atomic E-state index is 13.5. The van der Waals surface area contributed by atoms with Gasteiger partial charge in [0.15, 0.2) is 0 Å². The van der Waals surface area contributed by atoms with E-state index in [2.05, 4.69) is 32.7 Å². The maximum atomic E-state index is 13.5. The summed E-state index contributed by atoms with van der Waals surface area (Å²) in [7, 11) is 0. The number of nitrogens with one attached hydrogen (secondary N) is 3. The normalized spacial score (nSPS) is 38.5. The maximum Gasteiger partial charge on any atom is 0.249 e. The monoisotopic (exact) mass is 793 g/mol. The van der Waals surface area contributed by atoms with E-state index in [-0.39, 0.29) is 60.7 Å². The van der Waals surface area contributed by atoms with Gasteiger partial charge in [0.2, 0.25) is 23.6 Å². The van der Waals surface area contributed by atoms with Crippen molar-refractivity contribution in [2.45, 2.75) is 159 Å². The summed E-state index contributed by atoms with van der Waals surface area (Å²) in [5.74, 6) is 0.464. The summed E-state index contributed by atoms with van der Waals surface area (Å²) in [6.07, 6.45) is 20.5. The number of carbonyl (C=O) groups is 4. The van der Waals surface area contributed by atoms with Crippen molar-refractivity contribution in [3.63, 3.8) is 0 Å². The third-order valence-corrected chi connectivity index (χ3v) is 15.9. The summed E-state index contributed by atoms with van der Waals surface area (Å²) in [6.45, 7) is 10.1. The number of hydrogen-bond acceptors (Lipinski definition) is 10. The number of aliphatic hydroxyl groups excluding tert-OH is 1. The van der Waals surface area contributed by atoms with Crippen LogP contribution in [0.5, 0.6) is 0 Å². The number of likely N-dealkylation sites (tertiary alicyclic amines) is 1. The number of piperidine rings is 1. The van der Waals surface area contributed by atoms with Gasteiger partial charge in [0.05, 0.1) is 36.8 Å². The number of allylic oxidation sites excluding steroid dienone is 2. The summed E-state index contributed by atoms with van der Waals surface area (Å²) >= 11 is 0. The highest BCUT2D eigenvalue weighted by molar-refractivity contribution is 6.10. The number of amides is 4. The lowest BCUT2D eigenvalue weighted by molar-refractivity contribution is -0.151. The molecule has 12 heteroatoms. The first-order valence-electron chi connectivity index (χ1n) is 23.4. The van der Waals surface area contributed by atoms with Crippen LogP contribution in [-0.4, -0.2) is 126 Å². The molecule has 0 aromatic heterocycles. The molecule has 8 aliphatic rings. The van der Waals surface area contributed by atoms with Gasteiger partial charge in [-0.05, 0) is 120 Å². The summed E-state index contributed by atoms with van der Waals surface area (Å²) in [5.41, 5.74) is 3.67. The fourth-order valence-electron chi connectivity index (χ4n) is 12.7. The summed E-state index contributed by atoms with van der Waals surface area (Å²) in [6, 6.07) is -0.609. The van der Waals surface area contributed by atoms with Gasteiger partial charge in [-0.15, -0.1) is 0 Å². The van der Waals surface area contributed by atoms with Crippen molar-refractivity contribution in [1.82, 2.24) is 30.7 Å². The first-order chi connectivity index (χ1) is 27.8. The minimum atomic E-state index is -0.857. The predicted octanol–water partition coefficient (Wildman–Crippen LogP) is 4.11. The average molecular weight is 793 g/mol. The number of fused-ring (bicyclic) bond motifs is 1. The number of ether oxygens (including phenoxy) is 1. The molecule has 12 nitrogen and oxygen atoms in total. The van der Waals surface area contributed by atoms with Crippen molar-refractivity contribution in [2.24, 2.45) is 35.5 Å². The minimum Gasteiger partial charge on any atom is -0.393 e. The van der Waals surface area contributed by atoms with E-state index in [1.807, 2.05) is 11.1 Å². The molecule has 6 unspecified atom stereocenters. The van der Waals surface area contributed by atoms with Gasteiger partial charge in [0.1, 0.15) is 6.04 Å². The van der Waals surface area contributed by atoms with E-state index >= 15 is 0 Å². The summed E-state index contributed by atoms with van der Waals surface area (Å²) < 4.78 is 6.57. The lowest BCUT2D eigenvalue weighted by atomic mass is 9.68. The minimum absolute atomic E-state index is 0.0918. The molecule has 57 heavy (non-hydrogen) atoms. The molecule has 8 fully saturated rings. The fourth-order valence-corrected chi connectivity index (χ4v) is 12.7. The van der Waals surface area contributed by atoms with Gasteiger partial charge >= 0.3 is 0 Å². The standard InChI is InChI=1S/C45H72N6O6/c1-2-35(29-6-4-3-5-7-29)42(30-8-13-33(52)14-9-30)31-10-15-34(16-11-31)57-25-24-49-20-22-50(23-21-49)40-28-46-38(27-47-40)32-12-17-36-37(26-32)45(56)51(44(36)55)39-18-19-41(53)48-43(39)54/h29-34,36-40,46-47,52H,2-28H2,1H3,(H,48,53,54)/b42-35-. The quantitative estimate of drug-likeness (QED) is 0.178. The molecule has 4 saturated heterocycles. The second-order valence-electron chi connectivity index (χ2n) is 19.1. The van der Waals surface area contributed by atoms with Gasteiger partial charge in [-0.2, -0.15) is 0 Å². The van der Waals surface area contributed by atoms with E-state index in [4.69, 9.17) is 4.74 Å². The van der Waals surface area contributed by atoms with E-state index in [1.54, 1.807) is 0 Å². The Bertz CT molecular complexity index is 1450. The zero-order valence-electron chi connectivity index (χ0n) is 34.8. The Labute approximate surface area is 341 Å². The molecule has 4 N–H and O–H groups in total. The number of piperazine rings is 2. The molecule has 0 radical (unpaired) electrons. The lowest BCUT2D eigenvalue weighted by Gasteiger charge is -2.45. The number of aliphatic hydroxyl groups is 1. The highest BCUT2D eigenvalue weighted by Gasteiger charge is 2.54. The highest BCUT2D eigenvalue weighted by Crippen LogP contribution is 2.46. The molecule has 4 heterocycles. The molecule has 4 saturated carbocycles. The van der Waals surface area contributed by atoms with Crippen molar-refractivity contribution in [2.75, 3.05) is 52.4 Å². The molecule has 4 amide bonds. The van der Waals surface area contributed by atoms with Crippen LogP contribution in [0.25, 0.3) is 0 Å². The van der Waals surface area contributed by atoms with Gasteiger partial charge in [-0.3, -0.25) is 44.5 Å². The zero-order chi connectivity index (χ0) is 39.5. The van der Waals surface area contributed by atoms with Gasteiger partial charge in [-0.25, -0.2) is 0 Å². The third kappa shape index (κ3) is 9.41. The number of nitrogens with zero attached hydrogens (tertiary/aromatic N) is 3. The van der Waals surface area contributed by atoms with E-state index in [9.17, 15) is 24.3 Å². The molecular weight excluding hydrogens is 721 g/mol. The Kier molecular flexibility index (Phi) is 13.8. The van der Waals surface area contributed by atoms with Crippen LogP contribution in [0, 0.1) is 35.5 Å². The third-order valence-electron chi connectivity index (χ3n) is 15.9. The Hall–Kier alpha value is -2.22. The molecule has 0 bridgehead atoms. The van der Waals surface area contributed by atoms with Crippen LogP contribution in [0.1, 0.15) is 129 Å². The van der Waals surface area contributed by atoms with Gasteiger partial charge in [0.25, 0.3) is 0 Å². The van der Waals surface area contributed by atoms with Crippen molar-refractivity contribution >= 4 is 23.6 Å². The molecule has 0 spiro atoms. The summed E-state index contributed by atoms with van der Waals surface area (Å²) in [5, 5.41) is 20.2. The molecule has 6 atom stereocenters. The molecular formula is C45H72N6O6. The van der Waals surface area contributed by atoms with Crippen LogP contribution < -0.4 is 16.0 Å². The van der Waals surface area contributed by atoms with E-state index in [0.717, 1.165) is 77.6 Å². The first-order valence-corrected chi connectivity index (χ1v) is 23.4. The van der Waals surface area contributed by atoms with Crippen LogP contribution in [0.2, 0.25) is 0 Å². The molecule has 318 valence electrons. The SMILES string of the molecule is CC/C(=C(\C1CCC(O)CC1)C1CCC(OCCN2CCN(C3CNC(C4CCC5C(=O)N(C6CCC(=O)NC6=O)C(=O)C5C4)CN3)CC2)CC1)C1CCCCC1. The largest absolute Gasteiger partial charge is 0.393 e. The zero-order valence-corrected chi connectivity index (χ0v) is 34.8. The van der Waals surface area contributed by atoms with Crippen molar-refractivity contribution in [1.29, 1.82) is 0 Å². The van der Waals surface area contributed by atoms with E-state index < -0.39 is 11.9 Å². The fraction of sp³-hybridized carbons (Fsp3) is 0.867. The number of hydrogen-bond donors (Lipinski definition) is 4. The Morgan fingerprint density at radius 2 is 1.44 bits per heavy atom. The smallest absolute Gasteiger partial charge is 0.249 e. The Morgan fingerprint density at radius 3 is 2.11 bits per heavy atom. The second kappa shape index (κ2) is 19.0. The van der Waals surface area contributed by atoms with Crippen molar-refractivity contribution in [3.05, 3.63) is 11.1 Å². The van der Waals surface area contributed by atoms with Crippen molar-refractivity contribution < 1.29 is 29.0 Å². The molecule has 0 aromatic rings. The van der Waals surface area contributed by atoms with E-state index in [0.29, 0.717) is 36.7 Å². The van der Waals surface area contributed by atoms with E-state index in [1.165, 1.54) is 81.9 Å². The van der Waals surface area contributed by atoms with Crippen LogP contribution in [-0.2, 0) is 23.9 Å². The van der Waals surface area contributed by atoms with Crippen molar-refractivity contribution in [3.8, 4) is 0 Å². The van der Waals surface area contributed by atoms with Crippen LogP contribution >= 0.6 is 0 Å². The topological polar surface area (TPSA) is 144 Å². The van der Waals surface area contributed by atoms with Gasteiger partial charge in [-0.1, -0.05) is 37.3 Å².